The monoisotopic (exact) mass is 570 g/mol. The van der Waals surface area contributed by atoms with Crippen molar-refractivity contribution in [1.82, 2.24) is 0 Å². The minimum Gasteiger partial charge on any atom is -1.00 e. The van der Waals surface area contributed by atoms with E-state index in [1.54, 1.807) is 46.6 Å². The molecule has 2 aliphatic heterocycles. The maximum absolute atomic E-state index is 2.46. The molecule has 2 aromatic rings. The van der Waals surface area contributed by atoms with Crippen LogP contribution in [0.2, 0.25) is 36.3 Å². The Kier molecular flexibility index (Phi) is 15.1. The van der Waals surface area contributed by atoms with Gasteiger partial charge < -0.3 is 24.8 Å². The van der Waals surface area contributed by atoms with Gasteiger partial charge in [0.15, 0.2) is 0 Å². The van der Waals surface area contributed by atoms with Gasteiger partial charge in [-0.3, -0.25) is 0 Å². The molecule has 4 rings (SSSR count). The van der Waals surface area contributed by atoms with Gasteiger partial charge in [0.1, 0.15) is 0 Å². The van der Waals surface area contributed by atoms with E-state index in [-0.39, 0.29) is 51.0 Å². The fourth-order valence-corrected chi connectivity index (χ4v) is 14.5. The van der Waals surface area contributed by atoms with Gasteiger partial charge in [0.05, 0.1) is 0 Å². The summed E-state index contributed by atoms with van der Waals surface area (Å²) in [5.41, 5.74) is 2.94. The molecule has 2 aromatic carbocycles. The summed E-state index contributed by atoms with van der Waals surface area (Å²) in [6.07, 6.45) is 8.65. The fourth-order valence-electron chi connectivity index (χ4n) is 5.39. The number of unbranched alkanes of at least 4 members (excludes halogenated alkanes) is 2. The van der Waals surface area contributed by atoms with Gasteiger partial charge in [0, 0.05) is 16.1 Å². The first-order valence-corrected chi connectivity index (χ1v) is 17.3. The van der Waals surface area contributed by atoms with Gasteiger partial charge >= 0.3 is 26.2 Å². The zero-order valence-corrected chi connectivity index (χ0v) is 26.2. The van der Waals surface area contributed by atoms with Crippen LogP contribution in [0.3, 0.4) is 0 Å². The molecule has 172 valence electrons. The summed E-state index contributed by atoms with van der Waals surface area (Å²) in [6.45, 7) is 9.09. The van der Waals surface area contributed by atoms with Crippen LogP contribution in [0, 0.1) is 13.8 Å². The van der Waals surface area contributed by atoms with Crippen LogP contribution in [-0.4, -0.2) is 16.1 Å². The van der Waals surface area contributed by atoms with Gasteiger partial charge in [-0.25, -0.2) is 22.5 Å². The third-order valence-electron chi connectivity index (χ3n) is 7.68. The van der Waals surface area contributed by atoms with E-state index in [2.05, 4.69) is 64.1 Å². The molecule has 0 spiro atoms. The molecule has 0 atom stereocenters. The first kappa shape index (κ1) is 31.6. The van der Waals surface area contributed by atoms with Crippen molar-refractivity contribution in [3.8, 4) is 0 Å². The first-order chi connectivity index (χ1) is 13.5. The van der Waals surface area contributed by atoms with Gasteiger partial charge in [0.2, 0.25) is 0 Å². The molecule has 0 saturated carbocycles. The molecule has 2 saturated heterocycles. The smallest absolute Gasteiger partial charge is 1.00 e. The molecule has 0 aliphatic carbocycles. The van der Waals surface area contributed by atoms with Crippen LogP contribution < -0.4 is 35.2 Å². The number of aryl methyl sites for hydroxylation is 2. The van der Waals surface area contributed by atoms with E-state index in [1.165, 1.54) is 49.7 Å². The van der Waals surface area contributed by atoms with E-state index in [9.17, 15) is 0 Å². The van der Waals surface area contributed by atoms with Crippen LogP contribution in [0.25, 0.3) is 0 Å². The maximum atomic E-state index is 2.46. The van der Waals surface area contributed by atoms with E-state index in [0.29, 0.717) is 0 Å². The van der Waals surface area contributed by atoms with Crippen molar-refractivity contribution >= 4 is 26.5 Å². The van der Waals surface area contributed by atoms with Gasteiger partial charge in [-0.15, -0.1) is 0 Å². The minimum atomic E-state index is -0.919. The Morgan fingerprint density at radius 2 is 1.06 bits per heavy atom. The van der Waals surface area contributed by atoms with E-state index in [0.717, 1.165) is 0 Å². The normalized spacial score (nSPS) is 17.4. The van der Waals surface area contributed by atoms with Crippen molar-refractivity contribution in [3.63, 3.8) is 0 Å². The largest absolute Gasteiger partial charge is 4.00 e. The Hall–Kier alpha value is 0.597. The fraction of sp³-hybridized carbons (Fsp3) is 0.615. The van der Waals surface area contributed by atoms with Crippen molar-refractivity contribution < 1.29 is 51.0 Å². The maximum Gasteiger partial charge on any atom is 4.00 e. The molecule has 0 unspecified atom stereocenters. The summed E-state index contributed by atoms with van der Waals surface area (Å²) in [5, 5.41) is 3.52. The van der Waals surface area contributed by atoms with Crippen LogP contribution in [0.5, 0.6) is 0 Å². The molecule has 5 heteroatoms. The van der Waals surface area contributed by atoms with Gasteiger partial charge in [-0.05, 0) is 0 Å². The van der Waals surface area contributed by atoms with Crippen LogP contribution in [0.4, 0.5) is 0 Å². The standard InChI is InChI=1S/2C13H21Si.2ClH.Zr/c2*1-3-4-8-14(9-5-10-14)13-7-6-12(2)11-13;;;/h2*6-7,11H,3-5,8-10H2,1-2H3;2*1H;/q2*-1;;;+4/p-2. The second-order valence-electron chi connectivity index (χ2n) is 9.83. The molecule has 0 radical (unpaired) electrons. The molecule has 2 fully saturated rings. The predicted octanol–water partition coefficient (Wildman–Crippen LogP) is 1.15. The summed E-state index contributed by atoms with van der Waals surface area (Å²) in [4.78, 5) is 0. The summed E-state index contributed by atoms with van der Waals surface area (Å²) in [7, 11) is -1.84. The average molecular weight is 573 g/mol. The number of rotatable bonds is 8. The van der Waals surface area contributed by atoms with Crippen LogP contribution in [0.1, 0.15) is 63.5 Å². The molecule has 0 aromatic heterocycles. The molecule has 0 bridgehead atoms. The minimum absolute atomic E-state index is 0. The molecule has 0 N–H and O–H groups in total. The van der Waals surface area contributed by atoms with E-state index in [4.69, 9.17) is 0 Å². The second kappa shape index (κ2) is 14.8. The van der Waals surface area contributed by atoms with Crippen LogP contribution >= 0.6 is 0 Å². The summed E-state index contributed by atoms with van der Waals surface area (Å²) < 4.78 is 0. The molecule has 0 nitrogen and oxygen atoms in total. The van der Waals surface area contributed by atoms with Gasteiger partial charge in [-0.2, -0.15) is 35.4 Å². The third-order valence-corrected chi connectivity index (χ3v) is 18.6. The molecule has 2 heterocycles. The zero-order chi connectivity index (χ0) is 20.0. The van der Waals surface area contributed by atoms with Gasteiger partial charge in [0.25, 0.3) is 0 Å². The Bertz CT molecular complexity index is 667. The van der Waals surface area contributed by atoms with E-state index in [1.807, 2.05) is 0 Å². The topological polar surface area (TPSA) is 0 Å². The Labute approximate surface area is 226 Å². The van der Waals surface area contributed by atoms with Crippen molar-refractivity contribution in [2.45, 2.75) is 102 Å². The number of hydrogen-bond donors (Lipinski definition) is 0. The summed E-state index contributed by atoms with van der Waals surface area (Å²) in [6, 6.07) is 23.7. The Balaban J connectivity index is 0.000000529. The molecule has 2 aliphatic rings. The second-order valence-corrected chi connectivity index (χ2v) is 19.1. The van der Waals surface area contributed by atoms with Crippen molar-refractivity contribution in [2.24, 2.45) is 0 Å². The van der Waals surface area contributed by atoms with Crippen molar-refractivity contribution in [1.29, 1.82) is 0 Å². The van der Waals surface area contributed by atoms with E-state index < -0.39 is 16.1 Å². The summed E-state index contributed by atoms with van der Waals surface area (Å²) in [5.74, 6) is 0. The Morgan fingerprint density at radius 3 is 1.26 bits per heavy atom. The summed E-state index contributed by atoms with van der Waals surface area (Å²) >= 11 is 0. The number of hydrogen-bond acceptors (Lipinski definition) is 0. The number of halogens is 2. The zero-order valence-electron chi connectivity index (χ0n) is 20.2. The van der Waals surface area contributed by atoms with Gasteiger partial charge in [-0.1, -0.05) is 102 Å². The molecular formula is C26H42Cl2Si2Zr. The van der Waals surface area contributed by atoms with Crippen molar-refractivity contribution in [3.05, 3.63) is 47.5 Å². The Morgan fingerprint density at radius 1 is 0.710 bits per heavy atom. The molecular weight excluding hydrogens is 531 g/mol. The predicted molar refractivity (Wildman–Crippen MR) is 132 cm³/mol. The average Bonchev–Trinajstić information content (AvgIpc) is 3.23. The molecule has 0 amide bonds. The van der Waals surface area contributed by atoms with Crippen LogP contribution in [-0.2, 0) is 26.2 Å². The third kappa shape index (κ3) is 7.81. The molecule has 31 heavy (non-hydrogen) atoms. The van der Waals surface area contributed by atoms with Crippen molar-refractivity contribution in [2.75, 3.05) is 0 Å². The first-order valence-electron chi connectivity index (χ1n) is 12.0. The van der Waals surface area contributed by atoms with E-state index >= 15 is 0 Å². The quantitative estimate of drug-likeness (QED) is 0.329. The SMILES string of the molecule is CCCC[Si]1(c2cc[c-](C)c2)CCC1.CCCC[Si]1(c2cc[c-](C)c2)CCC1.[Cl-].[Cl-].[Zr+4]. The van der Waals surface area contributed by atoms with Crippen LogP contribution in [0.15, 0.2) is 36.4 Å².